The van der Waals surface area contributed by atoms with Gasteiger partial charge in [0, 0.05) is 0 Å². The minimum atomic E-state index is 0.781. The van der Waals surface area contributed by atoms with Crippen molar-refractivity contribution in [3.8, 4) is 0 Å². The van der Waals surface area contributed by atoms with Crippen LogP contribution >= 0.6 is 0 Å². The van der Waals surface area contributed by atoms with Crippen molar-refractivity contribution in [2.75, 3.05) is 0 Å². The third kappa shape index (κ3) is 1.48. The molecule has 0 amide bonds. The van der Waals surface area contributed by atoms with Crippen LogP contribution in [0.15, 0.2) is 23.8 Å². The van der Waals surface area contributed by atoms with Crippen LogP contribution in [0.4, 0.5) is 0 Å². The molecule has 66 valence electrons. The molecule has 0 heteroatoms. The van der Waals surface area contributed by atoms with Gasteiger partial charge in [-0.15, -0.1) is 0 Å². The molecule has 0 radical (unpaired) electrons. The molecule has 3 unspecified atom stereocenters. The predicted octanol–water partition coefficient (Wildman–Crippen LogP) is 3.55. The summed E-state index contributed by atoms with van der Waals surface area (Å²) < 4.78 is 0. The second-order valence-electron chi connectivity index (χ2n) is 4.32. The Morgan fingerprint density at radius 3 is 2.92 bits per heavy atom. The molecule has 12 heavy (non-hydrogen) atoms. The van der Waals surface area contributed by atoms with E-state index in [-0.39, 0.29) is 0 Å². The Bertz CT molecular complexity index is 222. The van der Waals surface area contributed by atoms with Gasteiger partial charge < -0.3 is 0 Å². The van der Waals surface area contributed by atoms with Crippen LogP contribution in [0.1, 0.15) is 33.1 Å². The van der Waals surface area contributed by atoms with E-state index in [2.05, 4.69) is 32.1 Å². The van der Waals surface area contributed by atoms with Crippen LogP contribution in [-0.4, -0.2) is 0 Å². The molecule has 0 N–H and O–H groups in total. The number of hydrogen-bond donors (Lipinski definition) is 0. The second kappa shape index (κ2) is 3.08. The molecule has 1 fully saturated rings. The summed E-state index contributed by atoms with van der Waals surface area (Å²) in [4.78, 5) is 0. The molecule has 0 heterocycles. The monoisotopic (exact) mass is 162 g/mol. The maximum atomic E-state index is 2.35. The average Bonchev–Trinajstić information content (AvgIpc) is 2.83. The van der Waals surface area contributed by atoms with E-state index in [0.29, 0.717) is 0 Å². The quantitative estimate of drug-likeness (QED) is 0.582. The van der Waals surface area contributed by atoms with Gasteiger partial charge in [0.1, 0.15) is 0 Å². The van der Waals surface area contributed by atoms with Crippen molar-refractivity contribution in [2.24, 2.45) is 17.8 Å². The zero-order valence-electron chi connectivity index (χ0n) is 8.09. The van der Waals surface area contributed by atoms with Crippen LogP contribution in [0, 0.1) is 17.8 Å². The molecule has 2 aliphatic carbocycles. The highest BCUT2D eigenvalue weighted by atomic mass is 14.4. The Morgan fingerprint density at radius 1 is 1.50 bits per heavy atom. The highest BCUT2D eigenvalue weighted by Gasteiger charge is 2.38. The summed E-state index contributed by atoms with van der Waals surface area (Å²) in [7, 11) is 0. The molecule has 2 rings (SSSR count). The van der Waals surface area contributed by atoms with E-state index < -0.39 is 0 Å². The van der Waals surface area contributed by atoms with Gasteiger partial charge in [-0.05, 0) is 30.6 Å². The summed E-state index contributed by atoms with van der Waals surface area (Å²) in [5, 5.41) is 0. The fourth-order valence-corrected chi connectivity index (χ4v) is 2.30. The third-order valence-corrected chi connectivity index (χ3v) is 3.23. The Labute approximate surface area is 75.4 Å². The second-order valence-corrected chi connectivity index (χ2v) is 4.32. The molecule has 0 aromatic rings. The molecule has 0 aliphatic heterocycles. The molecule has 0 nitrogen and oxygen atoms in total. The molecule has 0 aromatic carbocycles. The van der Waals surface area contributed by atoms with E-state index >= 15 is 0 Å². The molecular weight excluding hydrogens is 144 g/mol. The predicted molar refractivity (Wildman–Crippen MR) is 52.9 cm³/mol. The summed E-state index contributed by atoms with van der Waals surface area (Å²) in [6.45, 7) is 4.63. The molecule has 3 atom stereocenters. The standard InChI is InChI=1S/C12H18/c1-3-10-8-12(10)11-6-4-5-9(2)7-11/h4-6,9-10,12H,3,7-8H2,1-2H3. The SMILES string of the molecule is CCC1CC1C1=CC=CC(C)C1. The molecular formula is C12H18. The van der Waals surface area contributed by atoms with Gasteiger partial charge in [-0.3, -0.25) is 0 Å². The van der Waals surface area contributed by atoms with Gasteiger partial charge >= 0.3 is 0 Å². The number of rotatable bonds is 2. The van der Waals surface area contributed by atoms with Gasteiger partial charge in [0.25, 0.3) is 0 Å². The van der Waals surface area contributed by atoms with E-state index in [1.165, 1.54) is 19.3 Å². The maximum Gasteiger partial charge on any atom is -0.0169 e. The highest BCUT2D eigenvalue weighted by molar-refractivity contribution is 5.25. The van der Waals surface area contributed by atoms with Crippen molar-refractivity contribution in [1.82, 2.24) is 0 Å². The summed E-state index contributed by atoms with van der Waals surface area (Å²) in [6, 6.07) is 0. The molecule has 1 saturated carbocycles. The summed E-state index contributed by atoms with van der Waals surface area (Å²) >= 11 is 0. The van der Waals surface area contributed by atoms with E-state index in [1.54, 1.807) is 5.57 Å². The smallest absolute Gasteiger partial charge is 0.0169 e. The van der Waals surface area contributed by atoms with Crippen molar-refractivity contribution in [3.63, 3.8) is 0 Å². The lowest BCUT2D eigenvalue weighted by atomic mass is 9.92. The van der Waals surface area contributed by atoms with E-state index in [9.17, 15) is 0 Å². The maximum absolute atomic E-state index is 2.35. The summed E-state index contributed by atoms with van der Waals surface area (Å²) in [5.41, 5.74) is 1.72. The van der Waals surface area contributed by atoms with Crippen molar-refractivity contribution >= 4 is 0 Å². The largest absolute Gasteiger partial charge is 0.0814 e. The fraction of sp³-hybridized carbons (Fsp3) is 0.667. The average molecular weight is 162 g/mol. The first-order chi connectivity index (χ1) is 5.81. The van der Waals surface area contributed by atoms with Gasteiger partial charge in [0.2, 0.25) is 0 Å². The minimum Gasteiger partial charge on any atom is -0.0814 e. The highest BCUT2D eigenvalue weighted by Crippen LogP contribution is 2.48. The molecule has 2 aliphatic rings. The van der Waals surface area contributed by atoms with Crippen molar-refractivity contribution in [1.29, 1.82) is 0 Å². The lowest BCUT2D eigenvalue weighted by Crippen LogP contribution is -2.00. The molecule has 0 saturated heterocycles. The van der Waals surface area contributed by atoms with Crippen LogP contribution in [0.3, 0.4) is 0 Å². The normalized spacial score (nSPS) is 39.5. The van der Waals surface area contributed by atoms with Gasteiger partial charge in [-0.25, -0.2) is 0 Å². The topological polar surface area (TPSA) is 0 Å². The first-order valence-electron chi connectivity index (χ1n) is 5.18. The molecule has 0 bridgehead atoms. The van der Waals surface area contributed by atoms with Gasteiger partial charge in [-0.2, -0.15) is 0 Å². The Morgan fingerprint density at radius 2 is 2.33 bits per heavy atom. The van der Waals surface area contributed by atoms with Gasteiger partial charge in [0.15, 0.2) is 0 Å². The van der Waals surface area contributed by atoms with Crippen LogP contribution in [0.2, 0.25) is 0 Å². The number of hydrogen-bond acceptors (Lipinski definition) is 0. The minimum absolute atomic E-state index is 0.781. The fourth-order valence-electron chi connectivity index (χ4n) is 2.30. The van der Waals surface area contributed by atoms with E-state index in [0.717, 1.165) is 17.8 Å². The summed E-state index contributed by atoms with van der Waals surface area (Å²) in [6.07, 6.45) is 11.1. The lowest BCUT2D eigenvalue weighted by molar-refractivity contribution is 0.642. The van der Waals surface area contributed by atoms with Crippen LogP contribution in [-0.2, 0) is 0 Å². The molecule has 0 spiro atoms. The lowest BCUT2D eigenvalue weighted by Gasteiger charge is -2.14. The first-order valence-corrected chi connectivity index (χ1v) is 5.18. The van der Waals surface area contributed by atoms with Crippen LogP contribution in [0.5, 0.6) is 0 Å². The van der Waals surface area contributed by atoms with Crippen molar-refractivity contribution in [3.05, 3.63) is 23.8 Å². The molecule has 0 aromatic heterocycles. The zero-order valence-corrected chi connectivity index (χ0v) is 8.09. The Hall–Kier alpha value is -0.520. The van der Waals surface area contributed by atoms with E-state index in [1.807, 2.05) is 0 Å². The van der Waals surface area contributed by atoms with Gasteiger partial charge in [0.05, 0.1) is 0 Å². The zero-order chi connectivity index (χ0) is 8.55. The Kier molecular flexibility index (Phi) is 2.08. The number of allylic oxidation sites excluding steroid dienone is 4. The first kappa shape index (κ1) is 8.10. The van der Waals surface area contributed by atoms with Crippen molar-refractivity contribution in [2.45, 2.75) is 33.1 Å². The van der Waals surface area contributed by atoms with Crippen LogP contribution in [0.25, 0.3) is 0 Å². The van der Waals surface area contributed by atoms with E-state index in [4.69, 9.17) is 0 Å². The Balaban J connectivity index is 1.97. The van der Waals surface area contributed by atoms with Crippen molar-refractivity contribution < 1.29 is 0 Å². The third-order valence-electron chi connectivity index (χ3n) is 3.23. The van der Waals surface area contributed by atoms with Gasteiger partial charge in [-0.1, -0.05) is 44.1 Å². The van der Waals surface area contributed by atoms with Crippen LogP contribution < -0.4 is 0 Å². The summed E-state index contributed by atoms with van der Waals surface area (Å²) in [5.74, 6) is 2.76.